The molecule has 0 unspecified atom stereocenters. The Kier molecular flexibility index (Phi) is 5.89. The van der Waals surface area contributed by atoms with Gasteiger partial charge in [-0.05, 0) is 31.0 Å². The third-order valence-electron chi connectivity index (χ3n) is 5.13. The van der Waals surface area contributed by atoms with Gasteiger partial charge in [0.05, 0.1) is 22.4 Å². The molecule has 1 atom stereocenters. The number of nitrogens with zero attached hydrogens (tertiary/aromatic N) is 2. The Bertz CT molecular complexity index is 1380. The molecule has 0 fully saturated rings. The smallest absolute Gasteiger partial charge is 0.295 e. The molecule has 3 N–H and O–H groups in total. The van der Waals surface area contributed by atoms with Crippen LogP contribution in [0, 0.1) is 0 Å². The summed E-state index contributed by atoms with van der Waals surface area (Å²) < 4.78 is 56.7. The van der Waals surface area contributed by atoms with Crippen molar-refractivity contribution in [2.75, 3.05) is 24.0 Å². The van der Waals surface area contributed by atoms with E-state index in [0.717, 1.165) is 6.26 Å². The van der Waals surface area contributed by atoms with Crippen molar-refractivity contribution in [3.63, 3.8) is 0 Å². The summed E-state index contributed by atoms with van der Waals surface area (Å²) in [7, 11) is -2.16. The average molecular weight is 477 g/mol. The van der Waals surface area contributed by atoms with Crippen LogP contribution < -0.4 is 10.6 Å². The Morgan fingerprint density at radius 3 is 2.55 bits per heavy atom. The van der Waals surface area contributed by atoms with Gasteiger partial charge in [-0.25, -0.2) is 27.2 Å². The van der Waals surface area contributed by atoms with E-state index in [0.29, 0.717) is 17.6 Å². The van der Waals surface area contributed by atoms with Crippen LogP contribution in [0.3, 0.4) is 0 Å². The molecule has 2 heterocycles. The summed E-state index contributed by atoms with van der Waals surface area (Å²) in [5.74, 6) is -0.866. The van der Waals surface area contributed by atoms with Crippen molar-refractivity contribution < 1.29 is 26.7 Å². The van der Waals surface area contributed by atoms with Gasteiger partial charge < -0.3 is 20.4 Å². The summed E-state index contributed by atoms with van der Waals surface area (Å²) in [5.41, 5.74) is 1.76. The number of carbonyl (C=O) groups excluding carboxylic acids is 1. The number of sulfone groups is 1. The highest BCUT2D eigenvalue weighted by atomic mass is 32.2. The van der Waals surface area contributed by atoms with Gasteiger partial charge in [-0.3, -0.25) is 4.79 Å². The van der Waals surface area contributed by atoms with Gasteiger partial charge in [-0.15, -0.1) is 0 Å². The van der Waals surface area contributed by atoms with Crippen molar-refractivity contribution in [3.05, 3.63) is 47.3 Å². The van der Waals surface area contributed by atoms with Gasteiger partial charge in [0.1, 0.15) is 11.3 Å². The lowest BCUT2D eigenvalue weighted by atomic mass is 10.1. The van der Waals surface area contributed by atoms with Crippen LogP contribution in [0.2, 0.25) is 0 Å². The summed E-state index contributed by atoms with van der Waals surface area (Å²) in [4.78, 5) is 22.6. The van der Waals surface area contributed by atoms with Gasteiger partial charge in [-0.1, -0.05) is 12.1 Å². The lowest BCUT2D eigenvalue weighted by Crippen LogP contribution is -2.11. The maximum Gasteiger partial charge on any atom is 0.295 e. The van der Waals surface area contributed by atoms with E-state index in [-0.39, 0.29) is 45.3 Å². The van der Waals surface area contributed by atoms with Gasteiger partial charge in [0.25, 0.3) is 12.3 Å². The number of carbonyl (C=O) groups is 1. The van der Waals surface area contributed by atoms with Crippen molar-refractivity contribution in [1.29, 1.82) is 0 Å². The first kappa shape index (κ1) is 22.8. The molecule has 1 amide bonds. The predicted octanol–water partition coefficient (Wildman–Crippen LogP) is 4.02. The minimum atomic E-state index is -3.67. The van der Waals surface area contributed by atoms with Crippen LogP contribution in [0.5, 0.6) is 0 Å². The minimum absolute atomic E-state index is 0.00354. The van der Waals surface area contributed by atoms with E-state index in [1.54, 1.807) is 25.1 Å². The van der Waals surface area contributed by atoms with Crippen LogP contribution >= 0.6 is 0 Å². The van der Waals surface area contributed by atoms with Gasteiger partial charge in [0.2, 0.25) is 0 Å². The second-order valence-electron chi connectivity index (χ2n) is 7.59. The fourth-order valence-electron chi connectivity index (χ4n) is 3.19. The molecule has 4 rings (SSSR count). The molecule has 9 nitrogen and oxygen atoms in total. The highest BCUT2D eigenvalue weighted by Crippen LogP contribution is 2.33. The van der Waals surface area contributed by atoms with Crippen LogP contribution in [0.1, 0.15) is 37.3 Å². The molecule has 0 aliphatic heterocycles. The second-order valence-corrected chi connectivity index (χ2v) is 9.58. The SMILES string of the molecule is CO[C@H](C)c1ccc(Nc2cc(NC(=O)C3=CC3)nc3nc(C(F)F)[nH]c23)c(S(C)(=O)=O)c1. The summed E-state index contributed by atoms with van der Waals surface area (Å²) in [5, 5.41) is 5.58. The molecule has 1 aromatic carbocycles. The first-order valence-electron chi connectivity index (χ1n) is 9.90. The van der Waals surface area contributed by atoms with E-state index in [4.69, 9.17) is 4.74 Å². The van der Waals surface area contributed by atoms with Crippen LogP contribution in [0.4, 0.5) is 26.0 Å². The van der Waals surface area contributed by atoms with E-state index in [1.807, 2.05) is 0 Å². The number of ether oxygens (including phenoxy) is 1. The number of aromatic nitrogens is 3. The number of hydrogen-bond donors (Lipinski definition) is 3. The largest absolute Gasteiger partial charge is 0.377 e. The van der Waals surface area contributed by atoms with E-state index < -0.39 is 22.1 Å². The monoisotopic (exact) mass is 477 g/mol. The molecular formula is C21H21F2N5O4S. The first-order valence-corrected chi connectivity index (χ1v) is 11.8. The zero-order valence-corrected chi connectivity index (χ0v) is 18.8. The zero-order chi connectivity index (χ0) is 23.9. The number of anilines is 3. The van der Waals surface area contributed by atoms with Crippen molar-refractivity contribution in [3.8, 4) is 0 Å². The number of rotatable bonds is 8. The summed E-state index contributed by atoms with van der Waals surface area (Å²) >= 11 is 0. The van der Waals surface area contributed by atoms with Crippen LogP contribution in [0.25, 0.3) is 11.2 Å². The topological polar surface area (TPSA) is 126 Å². The number of amides is 1. The normalized spacial score (nSPS) is 14.3. The molecule has 1 aliphatic rings. The number of aromatic amines is 1. The predicted molar refractivity (Wildman–Crippen MR) is 118 cm³/mol. The van der Waals surface area contributed by atoms with E-state index >= 15 is 0 Å². The number of allylic oxidation sites excluding steroid dienone is 1. The number of pyridine rings is 1. The van der Waals surface area contributed by atoms with Crippen LogP contribution in [-0.2, 0) is 19.4 Å². The van der Waals surface area contributed by atoms with Gasteiger partial charge in [0.15, 0.2) is 21.3 Å². The maximum absolute atomic E-state index is 13.3. The number of H-pyrrole nitrogens is 1. The Hall–Kier alpha value is -3.38. The number of nitrogens with one attached hydrogen (secondary N) is 3. The fraction of sp³-hybridized carbons (Fsp3) is 0.286. The Morgan fingerprint density at radius 1 is 1.21 bits per heavy atom. The molecule has 0 bridgehead atoms. The van der Waals surface area contributed by atoms with E-state index in [9.17, 15) is 22.0 Å². The molecule has 0 saturated carbocycles. The summed E-state index contributed by atoms with van der Waals surface area (Å²) in [6.45, 7) is 1.78. The van der Waals surface area contributed by atoms with Gasteiger partial charge in [-0.2, -0.15) is 0 Å². The van der Waals surface area contributed by atoms with Crippen molar-refractivity contribution >= 4 is 44.1 Å². The van der Waals surface area contributed by atoms with Crippen molar-refractivity contribution in [1.82, 2.24) is 15.0 Å². The number of fused-ring (bicyclic) bond motifs is 1. The molecule has 174 valence electrons. The number of imidazole rings is 1. The third kappa shape index (κ3) is 4.86. The molecule has 1 aliphatic carbocycles. The summed E-state index contributed by atoms with van der Waals surface area (Å²) in [6, 6.07) is 6.17. The van der Waals surface area contributed by atoms with Gasteiger partial charge in [0, 0.05) is 25.0 Å². The second kappa shape index (κ2) is 8.52. The van der Waals surface area contributed by atoms with Crippen LogP contribution in [0.15, 0.2) is 40.8 Å². The Labute approximate surface area is 188 Å². The molecule has 2 aromatic heterocycles. The number of benzene rings is 1. The standard InChI is InChI=1S/C21H21F2N5O4S/c1-10(32-2)12-6-7-13(15(8-12)33(3,30)31)24-14-9-16(26-21(29)11-4-5-11)25-19-17(14)27-20(28-19)18(22)23/h4,6-10,18H,5H2,1-3H3,(H3,24,25,26,27,28,29)/t10-/m1/s1. The molecular weight excluding hydrogens is 456 g/mol. The molecule has 12 heteroatoms. The minimum Gasteiger partial charge on any atom is -0.377 e. The zero-order valence-electron chi connectivity index (χ0n) is 17.9. The average Bonchev–Trinajstić information content (AvgIpc) is 3.51. The van der Waals surface area contributed by atoms with E-state index in [1.165, 1.54) is 19.2 Å². The fourth-order valence-corrected chi connectivity index (χ4v) is 4.06. The van der Waals surface area contributed by atoms with Crippen molar-refractivity contribution in [2.24, 2.45) is 0 Å². The number of alkyl halides is 2. The van der Waals surface area contributed by atoms with Gasteiger partial charge >= 0.3 is 0 Å². The highest BCUT2D eigenvalue weighted by Gasteiger charge is 2.22. The third-order valence-corrected chi connectivity index (χ3v) is 6.26. The van der Waals surface area contributed by atoms with Crippen molar-refractivity contribution in [2.45, 2.75) is 30.8 Å². The number of methoxy groups -OCH3 is 1. The Morgan fingerprint density at radius 2 is 1.94 bits per heavy atom. The maximum atomic E-state index is 13.3. The summed E-state index contributed by atoms with van der Waals surface area (Å²) in [6.07, 6.45) is 0.158. The lowest BCUT2D eigenvalue weighted by molar-refractivity contribution is -0.112. The quantitative estimate of drug-likeness (QED) is 0.447. The molecule has 0 saturated heterocycles. The van der Waals surface area contributed by atoms with Crippen LogP contribution in [-0.4, -0.2) is 42.6 Å². The molecule has 3 aromatic rings. The lowest BCUT2D eigenvalue weighted by Gasteiger charge is -2.16. The molecule has 0 spiro atoms. The molecule has 0 radical (unpaired) electrons. The molecule has 33 heavy (non-hydrogen) atoms. The number of halogens is 2. The highest BCUT2D eigenvalue weighted by molar-refractivity contribution is 7.90. The van der Waals surface area contributed by atoms with E-state index in [2.05, 4.69) is 25.6 Å². The Balaban J connectivity index is 1.81. The first-order chi connectivity index (χ1) is 15.6. The number of hydrogen-bond acceptors (Lipinski definition) is 7.